The van der Waals surface area contributed by atoms with E-state index in [0.29, 0.717) is 12.0 Å². The fourth-order valence-electron chi connectivity index (χ4n) is 3.87. The Hall–Kier alpha value is -1.72. The van der Waals surface area contributed by atoms with Crippen LogP contribution in [0, 0.1) is 0 Å². The highest BCUT2D eigenvalue weighted by molar-refractivity contribution is 5.15. The Morgan fingerprint density at radius 2 is 1.92 bits per heavy atom. The Bertz CT molecular complexity index is 691. The monoisotopic (exact) mass is 339 g/mol. The Balaban J connectivity index is 1.27. The zero-order chi connectivity index (χ0) is 17.2. The van der Waals surface area contributed by atoms with E-state index in [-0.39, 0.29) is 0 Å². The highest BCUT2D eigenvalue weighted by atomic mass is 15.3. The van der Waals surface area contributed by atoms with Gasteiger partial charge in [0.1, 0.15) is 11.6 Å². The van der Waals surface area contributed by atoms with E-state index in [1.807, 2.05) is 0 Å². The number of aromatic nitrogens is 3. The summed E-state index contributed by atoms with van der Waals surface area (Å²) in [4.78, 5) is 5.06. The van der Waals surface area contributed by atoms with Gasteiger partial charge in [-0.1, -0.05) is 30.3 Å². The van der Waals surface area contributed by atoms with Crippen molar-refractivity contribution in [2.24, 2.45) is 7.05 Å². The van der Waals surface area contributed by atoms with Gasteiger partial charge in [-0.05, 0) is 44.8 Å². The second-order valence-electron chi connectivity index (χ2n) is 7.70. The SMILES string of the molecule is CN(Cc1nnc(C2CC2)n1C)[C@H]1CCN(CCc2ccccc2)C1. The zero-order valence-corrected chi connectivity index (χ0v) is 15.4. The van der Waals surface area contributed by atoms with Crippen molar-refractivity contribution >= 4 is 0 Å². The van der Waals surface area contributed by atoms with Crippen molar-refractivity contribution < 1.29 is 0 Å². The summed E-state index contributed by atoms with van der Waals surface area (Å²) in [6, 6.07) is 11.4. The van der Waals surface area contributed by atoms with Crippen LogP contribution in [0.3, 0.4) is 0 Å². The maximum atomic E-state index is 4.44. The molecule has 5 heteroatoms. The first kappa shape index (κ1) is 16.7. The maximum absolute atomic E-state index is 4.44. The standard InChI is InChI=1S/C20H29N5/c1-23(15-19-21-22-20(24(19)2)17-8-9-17)18-11-13-25(14-18)12-10-16-6-4-3-5-7-16/h3-7,17-18H,8-15H2,1-2H3/t18-/m0/s1. The predicted molar refractivity (Wildman–Crippen MR) is 99.4 cm³/mol. The van der Waals surface area contributed by atoms with E-state index in [9.17, 15) is 0 Å². The van der Waals surface area contributed by atoms with E-state index >= 15 is 0 Å². The summed E-state index contributed by atoms with van der Waals surface area (Å²) in [5, 5.41) is 8.85. The van der Waals surface area contributed by atoms with Crippen LogP contribution in [0.25, 0.3) is 0 Å². The van der Waals surface area contributed by atoms with Gasteiger partial charge in [0.05, 0.1) is 6.54 Å². The number of rotatable bonds is 7. The Morgan fingerprint density at radius 3 is 2.68 bits per heavy atom. The molecule has 0 amide bonds. The van der Waals surface area contributed by atoms with Gasteiger partial charge in [-0.15, -0.1) is 10.2 Å². The Labute approximate surface area is 150 Å². The number of likely N-dealkylation sites (tertiary alicyclic amines) is 1. The van der Waals surface area contributed by atoms with Crippen molar-refractivity contribution in [1.29, 1.82) is 0 Å². The molecule has 0 bridgehead atoms. The van der Waals surface area contributed by atoms with E-state index in [1.54, 1.807) is 0 Å². The van der Waals surface area contributed by atoms with Crippen LogP contribution >= 0.6 is 0 Å². The number of nitrogens with zero attached hydrogens (tertiary/aromatic N) is 5. The molecule has 0 N–H and O–H groups in total. The van der Waals surface area contributed by atoms with Crippen molar-refractivity contribution in [2.45, 2.75) is 44.2 Å². The van der Waals surface area contributed by atoms with Gasteiger partial charge < -0.3 is 9.47 Å². The second kappa shape index (κ2) is 7.26. The summed E-state index contributed by atoms with van der Waals surface area (Å²) < 4.78 is 2.22. The molecule has 1 aliphatic carbocycles. The van der Waals surface area contributed by atoms with Gasteiger partial charge in [-0.3, -0.25) is 4.90 Å². The van der Waals surface area contributed by atoms with Gasteiger partial charge in [0.15, 0.2) is 0 Å². The summed E-state index contributed by atoms with van der Waals surface area (Å²) in [5.41, 5.74) is 1.44. The van der Waals surface area contributed by atoms with Crippen molar-refractivity contribution in [3.05, 3.63) is 47.5 Å². The van der Waals surface area contributed by atoms with Crippen LogP contribution in [-0.2, 0) is 20.0 Å². The molecule has 0 unspecified atom stereocenters. The molecule has 134 valence electrons. The molecule has 1 atom stereocenters. The van der Waals surface area contributed by atoms with E-state index < -0.39 is 0 Å². The third-order valence-electron chi connectivity index (χ3n) is 5.76. The fraction of sp³-hybridized carbons (Fsp3) is 0.600. The minimum atomic E-state index is 0.622. The molecular weight excluding hydrogens is 310 g/mol. The molecule has 1 aromatic heterocycles. The van der Waals surface area contributed by atoms with Crippen LogP contribution in [0.5, 0.6) is 0 Å². The molecule has 25 heavy (non-hydrogen) atoms. The molecule has 2 fully saturated rings. The van der Waals surface area contributed by atoms with Gasteiger partial charge in [-0.25, -0.2) is 0 Å². The van der Waals surface area contributed by atoms with Crippen molar-refractivity contribution in [1.82, 2.24) is 24.6 Å². The Kier molecular flexibility index (Phi) is 4.86. The number of hydrogen-bond acceptors (Lipinski definition) is 4. The molecule has 2 heterocycles. The van der Waals surface area contributed by atoms with Crippen LogP contribution in [0.15, 0.2) is 30.3 Å². The van der Waals surface area contributed by atoms with Gasteiger partial charge in [0.25, 0.3) is 0 Å². The van der Waals surface area contributed by atoms with E-state index in [2.05, 4.69) is 69.0 Å². The van der Waals surface area contributed by atoms with Crippen LogP contribution < -0.4 is 0 Å². The van der Waals surface area contributed by atoms with Gasteiger partial charge in [-0.2, -0.15) is 0 Å². The summed E-state index contributed by atoms with van der Waals surface area (Å²) in [6.07, 6.45) is 4.95. The van der Waals surface area contributed by atoms with Crippen molar-refractivity contribution in [3.8, 4) is 0 Å². The summed E-state index contributed by atoms with van der Waals surface area (Å²) in [6.45, 7) is 4.42. The molecule has 5 nitrogen and oxygen atoms in total. The van der Waals surface area contributed by atoms with Crippen molar-refractivity contribution in [3.63, 3.8) is 0 Å². The van der Waals surface area contributed by atoms with Gasteiger partial charge in [0, 0.05) is 32.1 Å². The maximum Gasteiger partial charge on any atom is 0.146 e. The minimum Gasteiger partial charge on any atom is -0.317 e. The molecule has 4 rings (SSSR count). The quantitative estimate of drug-likeness (QED) is 0.776. The fourth-order valence-corrected chi connectivity index (χ4v) is 3.87. The van der Waals surface area contributed by atoms with E-state index in [4.69, 9.17) is 0 Å². The first-order valence-electron chi connectivity index (χ1n) is 9.55. The molecule has 1 aliphatic heterocycles. The van der Waals surface area contributed by atoms with E-state index in [0.717, 1.165) is 31.9 Å². The molecule has 2 aliphatic rings. The summed E-state index contributed by atoms with van der Waals surface area (Å²) >= 11 is 0. The van der Waals surface area contributed by atoms with Gasteiger partial charge >= 0.3 is 0 Å². The van der Waals surface area contributed by atoms with E-state index in [1.165, 1.54) is 37.2 Å². The summed E-state index contributed by atoms with van der Waals surface area (Å²) in [5.74, 6) is 2.95. The molecule has 0 radical (unpaired) electrons. The average molecular weight is 339 g/mol. The molecule has 2 aromatic rings. The lowest BCUT2D eigenvalue weighted by molar-refractivity contribution is 0.219. The molecule has 1 saturated carbocycles. The Morgan fingerprint density at radius 1 is 1.12 bits per heavy atom. The molecule has 1 aromatic carbocycles. The molecular formula is C20H29N5. The lowest BCUT2D eigenvalue weighted by Gasteiger charge is -2.24. The van der Waals surface area contributed by atoms with Crippen LogP contribution in [-0.4, -0.2) is 57.3 Å². The van der Waals surface area contributed by atoms with Crippen LogP contribution in [0.2, 0.25) is 0 Å². The predicted octanol–water partition coefficient (Wildman–Crippen LogP) is 2.44. The first-order valence-corrected chi connectivity index (χ1v) is 9.55. The molecule has 1 saturated heterocycles. The topological polar surface area (TPSA) is 37.2 Å². The minimum absolute atomic E-state index is 0.622. The average Bonchev–Trinajstić information content (AvgIpc) is 3.25. The van der Waals surface area contributed by atoms with Crippen LogP contribution in [0.1, 0.15) is 42.4 Å². The third kappa shape index (κ3) is 3.93. The largest absolute Gasteiger partial charge is 0.317 e. The second-order valence-corrected chi connectivity index (χ2v) is 7.70. The number of benzene rings is 1. The normalized spacial score (nSPS) is 21.3. The van der Waals surface area contributed by atoms with Crippen LogP contribution in [0.4, 0.5) is 0 Å². The highest BCUT2D eigenvalue weighted by Gasteiger charge is 2.30. The smallest absolute Gasteiger partial charge is 0.146 e. The summed E-state index contributed by atoms with van der Waals surface area (Å²) in [7, 11) is 4.36. The molecule has 0 spiro atoms. The van der Waals surface area contributed by atoms with Gasteiger partial charge in [0.2, 0.25) is 0 Å². The highest BCUT2D eigenvalue weighted by Crippen LogP contribution is 2.38. The number of likely N-dealkylation sites (N-methyl/N-ethyl adjacent to an activating group) is 1. The number of hydrogen-bond donors (Lipinski definition) is 0. The van der Waals surface area contributed by atoms with Crippen molar-refractivity contribution in [2.75, 3.05) is 26.7 Å². The lowest BCUT2D eigenvalue weighted by atomic mass is 10.1. The zero-order valence-electron chi connectivity index (χ0n) is 15.4. The first-order chi connectivity index (χ1) is 12.2. The lowest BCUT2D eigenvalue weighted by Crippen LogP contribution is -2.35. The third-order valence-corrected chi connectivity index (χ3v) is 5.76.